The Hall–Kier alpha value is -0.410. The van der Waals surface area contributed by atoms with Gasteiger partial charge in [0.2, 0.25) is 10.0 Å². The summed E-state index contributed by atoms with van der Waals surface area (Å²) in [6, 6.07) is 1.88. The number of ether oxygens (including phenoxy) is 1. The van der Waals surface area contributed by atoms with Crippen LogP contribution in [-0.4, -0.2) is 45.1 Å². The largest absolute Gasteiger partial charge is 0.452 e. The molecule has 8 heteroatoms. The lowest BCUT2D eigenvalue weighted by atomic mass is 10.3. The van der Waals surface area contributed by atoms with Crippen LogP contribution in [0.1, 0.15) is 26.0 Å². The van der Waals surface area contributed by atoms with Crippen LogP contribution >= 0.6 is 15.9 Å². The summed E-state index contributed by atoms with van der Waals surface area (Å²) in [6.45, 7) is 5.38. The van der Waals surface area contributed by atoms with E-state index in [0.717, 1.165) is 0 Å². The van der Waals surface area contributed by atoms with E-state index in [9.17, 15) is 8.42 Å². The summed E-state index contributed by atoms with van der Waals surface area (Å²) in [5.74, 6) is 0.594. The van der Waals surface area contributed by atoms with Gasteiger partial charge in [-0.2, -0.15) is 4.31 Å². The Bertz CT molecular complexity index is 585. The van der Waals surface area contributed by atoms with E-state index >= 15 is 0 Å². The molecule has 1 saturated heterocycles. The molecule has 2 heterocycles. The van der Waals surface area contributed by atoms with Crippen molar-refractivity contribution in [3.05, 3.63) is 16.5 Å². The van der Waals surface area contributed by atoms with Gasteiger partial charge in [0.05, 0.1) is 12.6 Å². The molecule has 1 aliphatic rings. The monoisotopic (exact) mass is 380 g/mol. The molecule has 2 rings (SSSR count). The van der Waals surface area contributed by atoms with Gasteiger partial charge in [-0.15, -0.1) is 0 Å². The first-order valence-corrected chi connectivity index (χ1v) is 9.12. The summed E-state index contributed by atoms with van der Waals surface area (Å²) in [7, 11) is -1.94. The highest BCUT2D eigenvalue weighted by Crippen LogP contribution is 2.30. The van der Waals surface area contributed by atoms with Gasteiger partial charge in [-0.25, -0.2) is 8.42 Å². The predicted octanol–water partition coefficient (Wildman–Crippen LogP) is 1.95. The molecule has 21 heavy (non-hydrogen) atoms. The number of methoxy groups -OCH3 is 1. The van der Waals surface area contributed by atoms with E-state index in [4.69, 9.17) is 9.15 Å². The number of hydrogen-bond donors (Lipinski definition) is 1. The minimum absolute atomic E-state index is 0.0347. The molecule has 0 saturated carbocycles. The molecule has 0 aliphatic carbocycles. The molecule has 1 aliphatic heterocycles. The lowest BCUT2D eigenvalue weighted by Gasteiger charge is -2.15. The molecule has 1 aromatic rings. The van der Waals surface area contributed by atoms with Crippen molar-refractivity contribution in [1.29, 1.82) is 0 Å². The number of nitrogens with zero attached hydrogens (tertiary/aromatic N) is 1. The zero-order chi connectivity index (χ0) is 15.6. The fourth-order valence-electron chi connectivity index (χ4n) is 2.21. The first kappa shape index (κ1) is 17.0. The zero-order valence-corrected chi connectivity index (χ0v) is 14.8. The van der Waals surface area contributed by atoms with Gasteiger partial charge in [0.15, 0.2) is 4.67 Å². The summed E-state index contributed by atoms with van der Waals surface area (Å²) in [6.07, 6.45) is 0.681. The minimum Gasteiger partial charge on any atom is -0.452 e. The van der Waals surface area contributed by atoms with Crippen LogP contribution in [0.15, 0.2) is 20.0 Å². The minimum atomic E-state index is -3.55. The second-order valence-corrected chi connectivity index (χ2v) is 8.02. The van der Waals surface area contributed by atoms with Crippen LogP contribution in [0.5, 0.6) is 0 Å². The third-order valence-corrected chi connectivity index (χ3v) is 6.17. The van der Waals surface area contributed by atoms with Crippen LogP contribution < -0.4 is 5.32 Å². The fraction of sp³-hybridized carbons (Fsp3) is 0.692. The number of furan rings is 1. The Kier molecular flexibility index (Phi) is 5.48. The summed E-state index contributed by atoms with van der Waals surface area (Å²) in [4.78, 5) is 0.180. The number of nitrogens with one attached hydrogen (secondary N) is 1. The maximum atomic E-state index is 12.6. The number of rotatable bonds is 6. The van der Waals surface area contributed by atoms with E-state index in [1.165, 1.54) is 4.31 Å². The lowest BCUT2D eigenvalue weighted by molar-refractivity contribution is 0.115. The van der Waals surface area contributed by atoms with Crippen LogP contribution in [0.3, 0.4) is 0 Å². The Morgan fingerprint density at radius 2 is 2.29 bits per heavy atom. The van der Waals surface area contributed by atoms with Gasteiger partial charge in [0, 0.05) is 32.3 Å². The van der Waals surface area contributed by atoms with Crippen molar-refractivity contribution in [1.82, 2.24) is 9.62 Å². The average Bonchev–Trinajstić information content (AvgIpc) is 3.03. The maximum Gasteiger partial charge on any atom is 0.247 e. The van der Waals surface area contributed by atoms with Crippen LogP contribution in [-0.2, 0) is 21.3 Å². The molecule has 0 radical (unpaired) electrons. The first-order chi connectivity index (χ1) is 9.84. The second kappa shape index (κ2) is 6.78. The molecule has 1 N–H and O–H groups in total. The third-order valence-electron chi connectivity index (χ3n) is 3.45. The molecule has 1 atom stereocenters. The normalized spacial score (nSPS) is 20.5. The van der Waals surface area contributed by atoms with Crippen LogP contribution in [0.4, 0.5) is 0 Å². The topological polar surface area (TPSA) is 71.8 Å². The summed E-state index contributed by atoms with van der Waals surface area (Å²) >= 11 is 3.21. The van der Waals surface area contributed by atoms with Gasteiger partial charge >= 0.3 is 0 Å². The number of hydrogen-bond acceptors (Lipinski definition) is 5. The number of halogens is 1. The van der Waals surface area contributed by atoms with Crippen LogP contribution in [0.2, 0.25) is 0 Å². The van der Waals surface area contributed by atoms with Crippen molar-refractivity contribution < 1.29 is 17.6 Å². The van der Waals surface area contributed by atoms with Crippen molar-refractivity contribution in [3.8, 4) is 0 Å². The molecule has 0 amide bonds. The second-order valence-electron chi connectivity index (χ2n) is 5.40. The van der Waals surface area contributed by atoms with E-state index in [1.807, 2.05) is 13.8 Å². The van der Waals surface area contributed by atoms with E-state index in [0.29, 0.717) is 37.9 Å². The van der Waals surface area contributed by atoms with Crippen molar-refractivity contribution in [3.63, 3.8) is 0 Å². The van der Waals surface area contributed by atoms with Gasteiger partial charge in [0.1, 0.15) is 10.7 Å². The number of sulfonamides is 1. The standard InChI is InChI=1S/C13H21BrN2O4S/c1-9(2)15-7-11-6-12(13(14)20-11)21(17,18)16-5-4-10(8-16)19-3/h6,9-10,15H,4-5,7-8H2,1-3H3. The van der Waals surface area contributed by atoms with E-state index in [-0.39, 0.29) is 15.7 Å². The predicted molar refractivity (Wildman–Crippen MR) is 82.6 cm³/mol. The smallest absolute Gasteiger partial charge is 0.247 e. The molecule has 1 aromatic heterocycles. The summed E-state index contributed by atoms with van der Waals surface area (Å²) < 4.78 is 37.7. The molecular weight excluding hydrogens is 360 g/mol. The van der Waals surface area contributed by atoms with Crippen molar-refractivity contribution in [2.75, 3.05) is 20.2 Å². The van der Waals surface area contributed by atoms with Gasteiger partial charge in [-0.3, -0.25) is 0 Å². The van der Waals surface area contributed by atoms with Gasteiger partial charge in [-0.1, -0.05) is 13.8 Å². The van der Waals surface area contributed by atoms with Gasteiger partial charge in [-0.05, 0) is 22.4 Å². The molecule has 0 spiro atoms. The van der Waals surface area contributed by atoms with Gasteiger partial charge < -0.3 is 14.5 Å². The van der Waals surface area contributed by atoms with Gasteiger partial charge in [0.25, 0.3) is 0 Å². The molecule has 1 fully saturated rings. The van der Waals surface area contributed by atoms with E-state index < -0.39 is 10.0 Å². The molecular formula is C13H21BrN2O4S. The van der Waals surface area contributed by atoms with Crippen molar-refractivity contribution >= 4 is 26.0 Å². The van der Waals surface area contributed by atoms with E-state index in [1.54, 1.807) is 13.2 Å². The average molecular weight is 381 g/mol. The maximum absolute atomic E-state index is 12.6. The zero-order valence-electron chi connectivity index (χ0n) is 12.4. The highest BCUT2D eigenvalue weighted by molar-refractivity contribution is 9.10. The lowest BCUT2D eigenvalue weighted by Crippen LogP contribution is -2.30. The third kappa shape index (κ3) is 3.87. The Balaban J connectivity index is 2.17. The van der Waals surface area contributed by atoms with Crippen LogP contribution in [0, 0.1) is 0 Å². The van der Waals surface area contributed by atoms with Crippen LogP contribution in [0.25, 0.3) is 0 Å². The molecule has 1 unspecified atom stereocenters. The SMILES string of the molecule is COC1CCN(S(=O)(=O)c2cc(CNC(C)C)oc2Br)C1. The first-order valence-electron chi connectivity index (χ1n) is 6.89. The Morgan fingerprint density at radius 3 is 2.86 bits per heavy atom. The summed E-state index contributed by atoms with van der Waals surface area (Å²) in [5.41, 5.74) is 0. The fourth-order valence-corrected chi connectivity index (χ4v) is 4.66. The Labute approximate surface area is 134 Å². The highest BCUT2D eigenvalue weighted by Gasteiger charge is 2.35. The summed E-state index contributed by atoms with van der Waals surface area (Å²) in [5, 5.41) is 3.20. The van der Waals surface area contributed by atoms with Crippen molar-refractivity contribution in [2.45, 2.75) is 43.9 Å². The van der Waals surface area contributed by atoms with Crippen molar-refractivity contribution in [2.24, 2.45) is 0 Å². The molecule has 0 bridgehead atoms. The molecule has 0 aromatic carbocycles. The quantitative estimate of drug-likeness (QED) is 0.816. The Morgan fingerprint density at radius 1 is 1.57 bits per heavy atom. The molecule has 6 nitrogen and oxygen atoms in total. The van der Waals surface area contributed by atoms with E-state index in [2.05, 4.69) is 21.2 Å². The molecule has 120 valence electrons. The highest BCUT2D eigenvalue weighted by atomic mass is 79.9.